The summed E-state index contributed by atoms with van der Waals surface area (Å²) in [6.07, 6.45) is 7.00. The lowest BCUT2D eigenvalue weighted by Gasteiger charge is -2.35. The molecular formula is C20H31NO3. The average molecular weight is 333 g/mol. The molecule has 0 N–H and O–H groups in total. The van der Waals surface area contributed by atoms with E-state index in [1.807, 2.05) is 6.07 Å². The van der Waals surface area contributed by atoms with E-state index in [-0.39, 0.29) is 5.97 Å². The highest BCUT2D eigenvalue weighted by molar-refractivity contribution is 5.92. The smallest absolute Gasteiger partial charge is 0.343 e. The van der Waals surface area contributed by atoms with Crippen molar-refractivity contribution in [3.05, 3.63) is 22.9 Å². The lowest BCUT2D eigenvalue weighted by molar-refractivity contribution is 0.0596. The molecule has 0 aliphatic heterocycles. The Morgan fingerprint density at radius 2 is 2.04 bits per heavy atom. The Labute approximate surface area is 146 Å². The largest absolute Gasteiger partial charge is 0.480 e. The van der Waals surface area contributed by atoms with Crippen LogP contribution < -0.4 is 4.74 Å². The second-order valence-electron chi connectivity index (χ2n) is 6.97. The predicted octanol–water partition coefficient (Wildman–Crippen LogP) is 4.76. The molecule has 0 aromatic carbocycles. The van der Waals surface area contributed by atoms with Crippen molar-refractivity contribution in [3.8, 4) is 5.88 Å². The zero-order valence-electron chi connectivity index (χ0n) is 15.7. The first-order valence-corrected chi connectivity index (χ1v) is 9.21. The molecule has 3 unspecified atom stereocenters. The van der Waals surface area contributed by atoms with E-state index in [0.29, 0.717) is 17.4 Å². The molecular weight excluding hydrogens is 302 g/mol. The number of aromatic nitrogens is 1. The lowest BCUT2D eigenvalue weighted by atomic mass is 9.71. The molecule has 4 nitrogen and oxygen atoms in total. The number of carbonyl (C=O) groups excluding carboxylic acids is 1. The molecule has 1 aromatic heterocycles. The van der Waals surface area contributed by atoms with Crippen LogP contribution in [-0.4, -0.2) is 25.2 Å². The molecule has 0 bridgehead atoms. The third-order valence-electron chi connectivity index (χ3n) is 5.49. The van der Waals surface area contributed by atoms with Gasteiger partial charge in [0, 0.05) is 5.92 Å². The number of esters is 1. The van der Waals surface area contributed by atoms with Crippen LogP contribution in [0.1, 0.15) is 80.4 Å². The molecule has 1 aliphatic rings. The van der Waals surface area contributed by atoms with Crippen LogP contribution in [-0.2, 0) is 11.2 Å². The fraction of sp³-hybridized carbons (Fsp3) is 0.700. The van der Waals surface area contributed by atoms with Crippen LogP contribution in [0.25, 0.3) is 0 Å². The molecule has 0 radical (unpaired) electrons. The monoisotopic (exact) mass is 333 g/mol. The maximum Gasteiger partial charge on any atom is 0.343 e. The Hall–Kier alpha value is -1.58. The molecule has 0 spiro atoms. The van der Waals surface area contributed by atoms with Crippen molar-refractivity contribution < 1.29 is 14.3 Å². The van der Waals surface area contributed by atoms with Crippen LogP contribution in [0.3, 0.4) is 0 Å². The van der Waals surface area contributed by atoms with E-state index >= 15 is 0 Å². The fourth-order valence-corrected chi connectivity index (χ4v) is 4.04. The summed E-state index contributed by atoms with van der Waals surface area (Å²) in [4.78, 5) is 16.7. The summed E-state index contributed by atoms with van der Waals surface area (Å²) < 4.78 is 10.3. The summed E-state index contributed by atoms with van der Waals surface area (Å²) >= 11 is 0. The van der Waals surface area contributed by atoms with Crippen molar-refractivity contribution in [2.45, 2.75) is 65.2 Å². The van der Waals surface area contributed by atoms with Gasteiger partial charge in [0.2, 0.25) is 5.88 Å². The number of nitrogens with zero attached hydrogens (tertiary/aromatic N) is 1. The third-order valence-corrected chi connectivity index (χ3v) is 5.49. The molecule has 1 fully saturated rings. The predicted molar refractivity (Wildman–Crippen MR) is 95.7 cm³/mol. The Morgan fingerprint density at radius 1 is 1.29 bits per heavy atom. The van der Waals surface area contributed by atoms with Crippen molar-refractivity contribution in [2.24, 2.45) is 11.8 Å². The number of hydrogen-bond acceptors (Lipinski definition) is 4. The van der Waals surface area contributed by atoms with Crippen molar-refractivity contribution in [2.75, 3.05) is 14.2 Å². The lowest BCUT2D eigenvalue weighted by Crippen LogP contribution is -2.23. The van der Waals surface area contributed by atoms with Gasteiger partial charge in [-0.2, -0.15) is 0 Å². The topological polar surface area (TPSA) is 48.4 Å². The minimum atomic E-state index is -0.387. The zero-order chi connectivity index (χ0) is 17.7. The summed E-state index contributed by atoms with van der Waals surface area (Å²) in [6.45, 7) is 6.76. The number of methoxy groups -OCH3 is 2. The van der Waals surface area contributed by atoms with Gasteiger partial charge in [-0.3, -0.25) is 0 Å². The second-order valence-corrected chi connectivity index (χ2v) is 6.97. The minimum Gasteiger partial charge on any atom is -0.480 e. The van der Waals surface area contributed by atoms with E-state index in [1.165, 1.54) is 39.2 Å². The number of hydrogen-bond donors (Lipinski definition) is 0. The SMILES string of the molecule is CCCC1CC(c2nc(OC)c(C(=O)OC)cc2CC)CCC1C. The highest BCUT2D eigenvalue weighted by atomic mass is 16.5. The van der Waals surface area contributed by atoms with E-state index in [2.05, 4.69) is 20.8 Å². The van der Waals surface area contributed by atoms with Crippen LogP contribution in [0, 0.1) is 11.8 Å². The van der Waals surface area contributed by atoms with Gasteiger partial charge in [0.25, 0.3) is 0 Å². The van der Waals surface area contributed by atoms with Gasteiger partial charge in [0.1, 0.15) is 5.56 Å². The first kappa shape index (κ1) is 18.8. The normalized spacial score (nSPS) is 23.8. The van der Waals surface area contributed by atoms with Crippen LogP contribution >= 0.6 is 0 Å². The van der Waals surface area contributed by atoms with Crippen molar-refractivity contribution >= 4 is 5.97 Å². The quantitative estimate of drug-likeness (QED) is 0.704. The zero-order valence-corrected chi connectivity index (χ0v) is 15.7. The summed E-state index contributed by atoms with van der Waals surface area (Å²) in [6, 6.07) is 1.92. The van der Waals surface area contributed by atoms with Crippen molar-refractivity contribution in [3.63, 3.8) is 0 Å². The first-order chi connectivity index (χ1) is 11.5. The van der Waals surface area contributed by atoms with Crippen molar-refractivity contribution in [1.82, 2.24) is 4.98 Å². The molecule has 0 amide bonds. The molecule has 0 saturated heterocycles. The highest BCUT2D eigenvalue weighted by Crippen LogP contribution is 2.42. The molecule has 2 rings (SSSR count). The summed E-state index contributed by atoms with van der Waals surface area (Å²) in [5.74, 6) is 2.03. The number of aryl methyl sites for hydroxylation is 1. The first-order valence-electron chi connectivity index (χ1n) is 9.21. The molecule has 24 heavy (non-hydrogen) atoms. The highest BCUT2D eigenvalue weighted by Gasteiger charge is 2.31. The summed E-state index contributed by atoms with van der Waals surface area (Å²) in [5.41, 5.74) is 2.69. The number of carbonyl (C=O) groups is 1. The fourth-order valence-electron chi connectivity index (χ4n) is 4.04. The van der Waals surface area contributed by atoms with Crippen molar-refractivity contribution in [1.29, 1.82) is 0 Å². The second kappa shape index (κ2) is 8.50. The van der Waals surface area contributed by atoms with Gasteiger partial charge < -0.3 is 9.47 Å². The van der Waals surface area contributed by atoms with E-state index in [9.17, 15) is 4.79 Å². The molecule has 3 atom stereocenters. The van der Waals surface area contributed by atoms with Gasteiger partial charge in [-0.1, -0.05) is 33.6 Å². The van der Waals surface area contributed by atoms with Crippen LogP contribution in [0.2, 0.25) is 0 Å². The summed E-state index contributed by atoms with van der Waals surface area (Å²) in [7, 11) is 2.95. The standard InChI is InChI=1S/C20H31NO3/c1-6-8-15-11-16(10-9-13(15)3)18-14(7-2)12-17(20(22)24-5)19(21-18)23-4/h12-13,15-16H,6-11H2,1-5H3. The maximum atomic E-state index is 12.0. The Bertz CT molecular complexity index is 570. The van der Waals surface area contributed by atoms with Gasteiger partial charge in [-0.15, -0.1) is 0 Å². The number of rotatable bonds is 6. The Kier molecular flexibility index (Phi) is 6.64. The molecule has 1 heterocycles. The average Bonchev–Trinajstić information content (AvgIpc) is 2.61. The van der Waals surface area contributed by atoms with Gasteiger partial charge in [0.05, 0.1) is 19.9 Å². The molecule has 4 heteroatoms. The molecule has 1 aliphatic carbocycles. The number of pyridine rings is 1. The van der Waals surface area contributed by atoms with E-state index in [1.54, 1.807) is 7.11 Å². The summed E-state index contributed by atoms with van der Waals surface area (Å²) in [5, 5.41) is 0. The van der Waals surface area contributed by atoms with Crippen LogP contribution in [0.15, 0.2) is 6.07 Å². The molecule has 134 valence electrons. The van der Waals surface area contributed by atoms with Gasteiger partial charge in [-0.05, 0) is 49.1 Å². The van der Waals surface area contributed by atoms with Crippen LogP contribution in [0.5, 0.6) is 5.88 Å². The minimum absolute atomic E-state index is 0.387. The third kappa shape index (κ3) is 3.90. The molecule has 1 saturated carbocycles. The Morgan fingerprint density at radius 3 is 2.62 bits per heavy atom. The van der Waals surface area contributed by atoms with Gasteiger partial charge >= 0.3 is 5.97 Å². The number of ether oxygens (including phenoxy) is 2. The van der Waals surface area contributed by atoms with Gasteiger partial charge in [0.15, 0.2) is 0 Å². The van der Waals surface area contributed by atoms with Gasteiger partial charge in [-0.25, -0.2) is 9.78 Å². The van der Waals surface area contributed by atoms with E-state index < -0.39 is 0 Å². The maximum absolute atomic E-state index is 12.0. The molecule has 1 aromatic rings. The Balaban J connectivity index is 2.36. The van der Waals surface area contributed by atoms with E-state index in [0.717, 1.165) is 29.5 Å². The van der Waals surface area contributed by atoms with Crippen LogP contribution in [0.4, 0.5) is 0 Å². The van der Waals surface area contributed by atoms with E-state index in [4.69, 9.17) is 14.5 Å².